The normalized spacial score (nSPS) is 16.1. The zero-order valence-electron chi connectivity index (χ0n) is 12.8. The minimum Gasteiger partial charge on any atom is -0.508 e. The first-order chi connectivity index (χ1) is 10.7. The van der Waals surface area contributed by atoms with Crippen LogP contribution in [0.25, 0.3) is 10.9 Å². The fraction of sp³-hybridized carbons (Fsp3) is 0.471. The Morgan fingerprint density at radius 1 is 1.36 bits per heavy atom. The molecule has 3 N–H and O–H groups in total. The van der Waals surface area contributed by atoms with E-state index in [0.29, 0.717) is 17.2 Å². The van der Waals surface area contributed by atoms with Crippen LogP contribution in [-0.2, 0) is 11.3 Å². The predicted molar refractivity (Wildman–Crippen MR) is 85.0 cm³/mol. The largest absolute Gasteiger partial charge is 0.508 e. The molecule has 1 aliphatic rings. The second-order valence-electron chi connectivity index (χ2n) is 5.89. The first-order valence-electron chi connectivity index (χ1n) is 7.81. The monoisotopic (exact) mass is 302 g/mol. The Bertz CT molecular complexity index is 699. The molecule has 0 radical (unpaired) electrons. The number of ether oxygens (including phenoxy) is 1. The molecule has 0 atom stereocenters. The highest BCUT2D eigenvalue weighted by atomic mass is 16.5. The summed E-state index contributed by atoms with van der Waals surface area (Å²) >= 11 is 0. The summed E-state index contributed by atoms with van der Waals surface area (Å²) in [6.07, 6.45) is 7.78. The van der Waals surface area contributed by atoms with Gasteiger partial charge in [0.05, 0.1) is 12.7 Å². The lowest BCUT2D eigenvalue weighted by atomic mass is 9.95. The van der Waals surface area contributed by atoms with Gasteiger partial charge in [0, 0.05) is 35.2 Å². The lowest BCUT2D eigenvalue weighted by molar-refractivity contribution is 0.0602. The van der Waals surface area contributed by atoms with E-state index in [9.17, 15) is 9.90 Å². The zero-order valence-corrected chi connectivity index (χ0v) is 12.8. The number of nitrogens with two attached hydrogens (primary N) is 1. The van der Waals surface area contributed by atoms with Gasteiger partial charge in [-0.3, -0.25) is 0 Å². The van der Waals surface area contributed by atoms with Gasteiger partial charge < -0.3 is 20.1 Å². The first kappa shape index (κ1) is 14.9. The molecule has 5 heteroatoms. The molecule has 0 amide bonds. The van der Waals surface area contributed by atoms with Crippen molar-refractivity contribution in [2.45, 2.75) is 44.7 Å². The minimum atomic E-state index is -0.389. The maximum Gasteiger partial charge on any atom is 0.340 e. The first-order valence-corrected chi connectivity index (χ1v) is 7.81. The number of aromatic nitrogens is 1. The van der Waals surface area contributed by atoms with E-state index in [1.54, 1.807) is 6.07 Å². The number of esters is 1. The van der Waals surface area contributed by atoms with Gasteiger partial charge >= 0.3 is 5.97 Å². The smallest absolute Gasteiger partial charge is 0.340 e. The molecule has 22 heavy (non-hydrogen) atoms. The molecule has 5 nitrogen and oxygen atoms in total. The number of hydrogen-bond acceptors (Lipinski definition) is 4. The number of benzene rings is 1. The number of carbonyl (C=O) groups excluding carboxylic acids is 1. The molecule has 3 rings (SSSR count). The number of fused-ring (bicyclic) bond motifs is 1. The van der Waals surface area contributed by atoms with Crippen molar-refractivity contribution in [2.75, 3.05) is 7.11 Å². The fourth-order valence-electron chi connectivity index (χ4n) is 3.55. The number of rotatable bonds is 3. The van der Waals surface area contributed by atoms with Crippen molar-refractivity contribution in [2.24, 2.45) is 5.73 Å². The second-order valence-corrected chi connectivity index (χ2v) is 5.89. The quantitative estimate of drug-likeness (QED) is 0.854. The molecule has 0 bridgehead atoms. The zero-order chi connectivity index (χ0) is 15.7. The number of phenolic OH excluding ortho intramolecular Hbond substituents is 1. The number of phenols is 1. The van der Waals surface area contributed by atoms with E-state index in [0.717, 1.165) is 23.7 Å². The van der Waals surface area contributed by atoms with Gasteiger partial charge in [-0.2, -0.15) is 0 Å². The summed E-state index contributed by atoms with van der Waals surface area (Å²) in [5, 5.41) is 10.8. The van der Waals surface area contributed by atoms with E-state index in [-0.39, 0.29) is 18.3 Å². The lowest BCUT2D eigenvalue weighted by Gasteiger charge is -2.24. The minimum absolute atomic E-state index is 0.126. The summed E-state index contributed by atoms with van der Waals surface area (Å²) in [6.45, 7) is 0.182. The van der Waals surface area contributed by atoms with Crippen molar-refractivity contribution in [3.63, 3.8) is 0 Å². The number of carbonyl (C=O) groups is 1. The maximum atomic E-state index is 12.1. The average Bonchev–Trinajstić information content (AvgIpc) is 2.94. The lowest BCUT2D eigenvalue weighted by Crippen LogP contribution is -2.12. The third-order valence-corrected chi connectivity index (χ3v) is 4.66. The van der Waals surface area contributed by atoms with Crippen LogP contribution in [-0.4, -0.2) is 22.8 Å². The summed E-state index contributed by atoms with van der Waals surface area (Å²) in [5.41, 5.74) is 7.83. The molecular formula is C17H22N2O3. The van der Waals surface area contributed by atoms with Crippen LogP contribution in [0.5, 0.6) is 5.75 Å². The van der Waals surface area contributed by atoms with Crippen LogP contribution in [0.4, 0.5) is 0 Å². The molecule has 1 heterocycles. The molecule has 1 aromatic heterocycles. The molecular weight excluding hydrogens is 280 g/mol. The van der Waals surface area contributed by atoms with Crippen LogP contribution >= 0.6 is 0 Å². The fourth-order valence-corrected chi connectivity index (χ4v) is 3.55. The van der Waals surface area contributed by atoms with Crippen molar-refractivity contribution in [1.82, 2.24) is 4.57 Å². The summed E-state index contributed by atoms with van der Waals surface area (Å²) in [7, 11) is 1.37. The van der Waals surface area contributed by atoms with E-state index in [4.69, 9.17) is 10.5 Å². The van der Waals surface area contributed by atoms with E-state index in [2.05, 4.69) is 4.57 Å². The standard InChI is InChI=1S/C17H22N2O3/c1-22-17(21)13-10-19(11-5-3-2-4-6-11)14-7-8-15(20)12(9-18)16(13)14/h7-8,10-11,20H,2-6,9,18H2,1H3. The van der Waals surface area contributed by atoms with Gasteiger partial charge in [-0.15, -0.1) is 0 Å². The van der Waals surface area contributed by atoms with Crippen LogP contribution in [0.1, 0.15) is 54.1 Å². The highest BCUT2D eigenvalue weighted by Gasteiger charge is 2.24. The Balaban J connectivity index is 2.23. The number of hydrogen-bond donors (Lipinski definition) is 2. The van der Waals surface area contributed by atoms with Gasteiger partial charge in [0.15, 0.2) is 0 Å². The van der Waals surface area contributed by atoms with Crippen molar-refractivity contribution in [1.29, 1.82) is 0 Å². The molecule has 1 aliphatic carbocycles. The molecule has 2 aromatic rings. The van der Waals surface area contributed by atoms with E-state index < -0.39 is 0 Å². The summed E-state index contributed by atoms with van der Waals surface area (Å²) in [5.74, 6) is -0.263. The van der Waals surface area contributed by atoms with Crippen molar-refractivity contribution in [3.05, 3.63) is 29.5 Å². The van der Waals surface area contributed by atoms with Crippen molar-refractivity contribution in [3.8, 4) is 5.75 Å². The highest BCUT2D eigenvalue weighted by Crippen LogP contribution is 2.37. The van der Waals surface area contributed by atoms with Gasteiger partial charge in [0.25, 0.3) is 0 Å². The van der Waals surface area contributed by atoms with E-state index >= 15 is 0 Å². The van der Waals surface area contributed by atoms with Gasteiger partial charge in [-0.05, 0) is 25.0 Å². The van der Waals surface area contributed by atoms with Gasteiger partial charge in [-0.1, -0.05) is 19.3 Å². The number of nitrogens with zero attached hydrogens (tertiary/aromatic N) is 1. The van der Waals surface area contributed by atoms with Crippen LogP contribution in [0.15, 0.2) is 18.3 Å². The molecule has 1 fully saturated rings. The molecule has 0 aliphatic heterocycles. The predicted octanol–water partition coefficient (Wildman–Crippen LogP) is 3.10. The molecule has 0 saturated heterocycles. The highest BCUT2D eigenvalue weighted by molar-refractivity contribution is 6.06. The van der Waals surface area contributed by atoms with Crippen LogP contribution in [0.3, 0.4) is 0 Å². The maximum absolute atomic E-state index is 12.1. The Hall–Kier alpha value is -2.01. The van der Waals surface area contributed by atoms with Gasteiger partial charge in [0.1, 0.15) is 5.75 Å². The molecule has 0 spiro atoms. The van der Waals surface area contributed by atoms with Gasteiger partial charge in [0.2, 0.25) is 0 Å². The van der Waals surface area contributed by atoms with Crippen molar-refractivity contribution < 1.29 is 14.6 Å². The Morgan fingerprint density at radius 3 is 2.73 bits per heavy atom. The third-order valence-electron chi connectivity index (χ3n) is 4.66. The summed E-state index contributed by atoms with van der Waals surface area (Å²) < 4.78 is 7.08. The molecule has 118 valence electrons. The molecule has 1 aromatic carbocycles. The van der Waals surface area contributed by atoms with Crippen LogP contribution in [0.2, 0.25) is 0 Å². The Kier molecular flexibility index (Phi) is 4.07. The third kappa shape index (κ3) is 2.35. The van der Waals surface area contributed by atoms with Gasteiger partial charge in [-0.25, -0.2) is 4.79 Å². The number of methoxy groups -OCH3 is 1. The summed E-state index contributed by atoms with van der Waals surface area (Å²) in [4.78, 5) is 12.1. The average molecular weight is 302 g/mol. The number of aromatic hydroxyl groups is 1. The molecule has 0 unspecified atom stereocenters. The Labute approximate surface area is 129 Å². The molecule has 1 saturated carbocycles. The second kappa shape index (κ2) is 6.01. The Morgan fingerprint density at radius 2 is 2.09 bits per heavy atom. The topological polar surface area (TPSA) is 77.5 Å². The van der Waals surface area contributed by atoms with Crippen LogP contribution in [0, 0.1) is 0 Å². The van der Waals surface area contributed by atoms with Crippen molar-refractivity contribution >= 4 is 16.9 Å². The van der Waals surface area contributed by atoms with Crippen LogP contribution < -0.4 is 5.73 Å². The van der Waals surface area contributed by atoms with E-state index in [1.165, 1.54) is 26.4 Å². The van der Waals surface area contributed by atoms with E-state index in [1.807, 2.05) is 12.3 Å². The SMILES string of the molecule is COC(=O)c1cn(C2CCCCC2)c2ccc(O)c(CN)c12. The summed E-state index contributed by atoms with van der Waals surface area (Å²) in [6, 6.07) is 3.92.